The van der Waals surface area contributed by atoms with Gasteiger partial charge in [0, 0.05) is 24.7 Å². The van der Waals surface area contributed by atoms with E-state index in [-0.39, 0.29) is 0 Å². The Morgan fingerprint density at radius 2 is 1.94 bits per heavy atom. The summed E-state index contributed by atoms with van der Waals surface area (Å²) in [7, 11) is 0. The fourth-order valence-electron chi connectivity index (χ4n) is 3.94. The molecule has 0 bridgehead atoms. The van der Waals surface area contributed by atoms with Crippen LogP contribution in [0.4, 0.5) is 0 Å². The minimum Gasteiger partial charge on any atom is -0.327 e. The zero-order chi connectivity index (χ0) is 12.5. The Kier molecular flexibility index (Phi) is 4.14. The van der Waals surface area contributed by atoms with E-state index in [4.69, 9.17) is 5.73 Å². The van der Waals surface area contributed by atoms with Gasteiger partial charge in [-0.05, 0) is 38.0 Å². The van der Waals surface area contributed by atoms with Crippen molar-refractivity contribution in [3.63, 3.8) is 0 Å². The lowest BCUT2D eigenvalue weighted by atomic mass is 9.72. The number of rotatable bonds is 6. The standard InChI is InChI=1S/C15H30N2/c1-4-6-8-15(3,7-5-2)17-10-12-9-14(16)13(12)11-17/h12-14H,4-11,16H2,1-3H3/t12?,13?,14-,15?/m1/s1. The molecule has 4 atom stereocenters. The van der Waals surface area contributed by atoms with E-state index in [9.17, 15) is 0 Å². The van der Waals surface area contributed by atoms with Crippen molar-refractivity contribution in [3.05, 3.63) is 0 Å². The summed E-state index contributed by atoms with van der Waals surface area (Å²) in [4.78, 5) is 2.77. The van der Waals surface area contributed by atoms with Crippen molar-refractivity contribution >= 4 is 0 Å². The van der Waals surface area contributed by atoms with Crippen LogP contribution in [0.15, 0.2) is 0 Å². The van der Waals surface area contributed by atoms with Gasteiger partial charge in [0.15, 0.2) is 0 Å². The SMILES string of the molecule is CCCCC(C)(CCC)N1CC2C[C@@H](N)C2C1. The third kappa shape index (κ3) is 2.53. The predicted molar refractivity (Wildman–Crippen MR) is 74.0 cm³/mol. The number of nitrogens with zero attached hydrogens (tertiary/aromatic N) is 1. The van der Waals surface area contributed by atoms with Crippen LogP contribution in [-0.4, -0.2) is 29.6 Å². The lowest BCUT2D eigenvalue weighted by molar-refractivity contribution is 0.106. The molecule has 2 heteroatoms. The lowest BCUT2D eigenvalue weighted by Gasteiger charge is -2.39. The van der Waals surface area contributed by atoms with Crippen molar-refractivity contribution in [2.45, 2.75) is 70.9 Å². The number of likely N-dealkylation sites (tertiary alicyclic amines) is 1. The van der Waals surface area contributed by atoms with Crippen LogP contribution in [0.5, 0.6) is 0 Å². The maximum atomic E-state index is 6.12. The summed E-state index contributed by atoms with van der Waals surface area (Å²) in [6, 6.07) is 0.502. The average Bonchev–Trinajstić information content (AvgIpc) is 2.65. The van der Waals surface area contributed by atoms with Gasteiger partial charge in [-0.15, -0.1) is 0 Å². The molecule has 0 aromatic heterocycles. The topological polar surface area (TPSA) is 29.3 Å². The Labute approximate surface area is 107 Å². The molecule has 0 spiro atoms. The van der Waals surface area contributed by atoms with Crippen LogP contribution < -0.4 is 5.73 Å². The van der Waals surface area contributed by atoms with Gasteiger partial charge in [-0.25, -0.2) is 0 Å². The molecule has 100 valence electrons. The van der Waals surface area contributed by atoms with Gasteiger partial charge in [-0.1, -0.05) is 33.1 Å². The van der Waals surface area contributed by atoms with Gasteiger partial charge >= 0.3 is 0 Å². The van der Waals surface area contributed by atoms with Gasteiger partial charge in [-0.2, -0.15) is 0 Å². The van der Waals surface area contributed by atoms with Crippen molar-refractivity contribution in [1.29, 1.82) is 0 Å². The normalized spacial score (nSPS) is 36.4. The first-order valence-corrected chi connectivity index (χ1v) is 7.61. The fraction of sp³-hybridized carbons (Fsp3) is 1.00. The van der Waals surface area contributed by atoms with Crippen LogP contribution in [0.25, 0.3) is 0 Å². The summed E-state index contributed by atoms with van der Waals surface area (Å²) in [5.74, 6) is 1.73. The third-order valence-electron chi connectivity index (χ3n) is 5.24. The van der Waals surface area contributed by atoms with Crippen molar-refractivity contribution in [3.8, 4) is 0 Å². The highest BCUT2D eigenvalue weighted by Crippen LogP contribution is 2.44. The number of hydrogen-bond donors (Lipinski definition) is 1. The smallest absolute Gasteiger partial charge is 0.0181 e. The molecule has 0 aromatic rings. The van der Waals surface area contributed by atoms with Crippen molar-refractivity contribution in [2.24, 2.45) is 17.6 Å². The van der Waals surface area contributed by atoms with Gasteiger partial charge in [-0.3, -0.25) is 4.90 Å². The summed E-state index contributed by atoms with van der Waals surface area (Å²) in [6.45, 7) is 9.70. The molecule has 17 heavy (non-hydrogen) atoms. The minimum atomic E-state index is 0.446. The highest BCUT2D eigenvalue weighted by Gasteiger charge is 2.48. The maximum Gasteiger partial charge on any atom is 0.0181 e. The molecule has 1 aliphatic heterocycles. The highest BCUT2D eigenvalue weighted by atomic mass is 15.2. The van der Waals surface area contributed by atoms with Crippen molar-refractivity contribution in [2.75, 3.05) is 13.1 Å². The minimum absolute atomic E-state index is 0.446. The van der Waals surface area contributed by atoms with E-state index < -0.39 is 0 Å². The molecule has 2 rings (SSSR count). The second kappa shape index (κ2) is 5.27. The van der Waals surface area contributed by atoms with Crippen LogP contribution in [-0.2, 0) is 0 Å². The second-order valence-electron chi connectivity index (χ2n) is 6.58. The van der Waals surface area contributed by atoms with E-state index in [1.165, 1.54) is 51.6 Å². The summed E-state index contributed by atoms with van der Waals surface area (Å²) in [5.41, 5.74) is 6.56. The number of hydrogen-bond acceptors (Lipinski definition) is 2. The van der Waals surface area contributed by atoms with Gasteiger partial charge in [0.05, 0.1) is 0 Å². The van der Waals surface area contributed by atoms with Gasteiger partial charge in [0.2, 0.25) is 0 Å². The molecule has 1 saturated carbocycles. The largest absolute Gasteiger partial charge is 0.327 e. The lowest BCUT2D eigenvalue weighted by Crippen LogP contribution is -2.47. The van der Waals surface area contributed by atoms with E-state index in [0.29, 0.717) is 11.6 Å². The number of unbranched alkanes of at least 4 members (excludes halogenated alkanes) is 1. The highest BCUT2D eigenvalue weighted by molar-refractivity contribution is 5.03. The Morgan fingerprint density at radius 1 is 1.18 bits per heavy atom. The molecule has 2 nitrogen and oxygen atoms in total. The van der Waals surface area contributed by atoms with Gasteiger partial charge in [0.25, 0.3) is 0 Å². The molecule has 2 N–H and O–H groups in total. The number of nitrogens with two attached hydrogens (primary N) is 1. The first kappa shape index (κ1) is 13.4. The van der Waals surface area contributed by atoms with E-state index in [2.05, 4.69) is 25.7 Å². The first-order valence-electron chi connectivity index (χ1n) is 7.61. The van der Waals surface area contributed by atoms with Crippen molar-refractivity contribution < 1.29 is 0 Å². The van der Waals surface area contributed by atoms with Crippen molar-refractivity contribution in [1.82, 2.24) is 4.90 Å². The molecule has 1 heterocycles. The summed E-state index contributed by atoms with van der Waals surface area (Å²) in [6.07, 6.45) is 7.98. The Morgan fingerprint density at radius 3 is 2.47 bits per heavy atom. The first-order chi connectivity index (χ1) is 8.10. The van der Waals surface area contributed by atoms with Gasteiger partial charge in [0.1, 0.15) is 0 Å². The average molecular weight is 238 g/mol. The molecule has 0 amide bonds. The van der Waals surface area contributed by atoms with E-state index in [1.54, 1.807) is 0 Å². The third-order valence-corrected chi connectivity index (χ3v) is 5.24. The zero-order valence-electron chi connectivity index (χ0n) is 11.9. The molecule has 2 fully saturated rings. The molecule has 0 radical (unpaired) electrons. The van der Waals surface area contributed by atoms with E-state index in [1.807, 2.05) is 0 Å². The molecule has 0 aromatic carbocycles. The Balaban J connectivity index is 1.96. The van der Waals surface area contributed by atoms with Crippen LogP contribution in [0.3, 0.4) is 0 Å². The van der Waals surface area contributed by atoms with E-state index in [0.717, 1.165) is 11.8 Å². The van der Waals surface area contributed by atoms with Gasteiger partial charge < -0.3 is 5.73 Å². The Bertz CT molecular complexity index is 253. The van der Waals surface area contributed by atoms with E-state index >= 15 is 0 Å². The monoisotopic (exact) mass is 238 g/mol. The van der Waals surface area contributed by atoms with Crippen LogP contribution in [0.1, 0.15) is 59.3 Å². The molecule has 1 aliphatic carbocycles. The molecule has 2 aliphatic rings. The quantitative estimate of drug-likeness (QED) is 0.771. The van der Waals surface area contributed by atoms with Crippen LogP contribution in [0.2, 0.25) is 0 Å². The molecule has 1 saturated heterocycles. The zero-order valence-corrected chi connectivity index (χ0v) is 11.9. The Hall–Kier alpha value is -0.0800. The maximum absolute atomic E-state index is 6.12. The summed E-state index contributed by atoms with van der Waals surface area (Å²) >= 11 is 0. The molecular weight excluding hydrogens is 208 g/mol. The van der Waals surface area contributed by atoms with Crippen LogP contribution >= 0.6 is 0 Å². The summed E-state index contributed by atoms with van der Waals surface area (Å²) < 4.78 is 0. The molecular formula is C15H30N2. The summed E-state index contributed by atoms with van der Waals surface area (Å²) in [5, 5.41) is 0. The predicted octanol–water partition coefficient (Wildman–Crippen LogP) is 3.01. The second-order valence-corrected chi connectivity index (χ2v) is 6.58. The van der Waals surface area contributed by atoms with Crippen LogP contribution in [0, 0.1) is 11.8 Å². The molecule has 3 unspecified atom stereocenters. The number of fused-ring (bicyclic) bond motifs is 1. The fourth-order valence-corrected chi connectivity index (χ4v) is 3.94.